The van der Waals surface area contributed by atoms with E-state index in [-0.39, 0.29) is 5.97 Å². The summed E-state index contributed by atoms with van der Waals surface area (Å²) in [6.45, 7) is 7.38. The highest BCUT2D eigenvalue weighted by Crippen LogP contribution is 2.24. The Bertz CT molecular complexity index is 583. The summed E-state index contributed by atoms with van der Waals surface area (Å²) in [6.07, 6.45) is 3.63. The van der Waals surface area contributed by atoms with Gasteiger partial charge in [0.2, 0.25) is 0 Å². The Balaban J connectivity index is 0.000000208. The van der Waals surface area contributed by atoms with Crippen LogP contribution in [-0.4, -0.2) is 60.4 Å². The molecule has 0 aliphatic carbocycles. The number of carboxylic acids is 1. The van der Waals surface area contributed by atoms with Gasteiger partial charge in [0.1, 0.15) is 0 Å². The third-order valence-electron chi connectivity index (χ3n) is 5.02. The third-order valence-corrected chi connectivity index (χ3v) is 5.02. The predicted octanol–water partition coefficient (Wildman–Crippen LogP) is 3.21. The SMILES string of the molecule is CC1CCCN(C2CC[C@H](C(=O)O)OC2)C1.CCOC(=O)c1ccccc1. The summed E-state index contributed by atoms with van der Waals surface area (Å²) in [5.74, 6) is -0.301. The highest BCUT2D eigenvalue weighted by molar-refractivity contribution is 5.89. The predicted molar refractivity (Wildman–Crippen MR) is 103 cm³/mol. The Morgan fingerprint density at radius 3 is 2.52 bits per heavy atom. The molecule has 27 heavy (non-hydrogen) atoms. The molecule has 1 N–H and O–H groups in total. The Kier molecular flexibility index (Phi) is 8.75. The first-order valence-electron chi connectivity index (χ1n) is 9.81. The summed E-state index contributed by atoms with van der Waals surface area (Å²) in [6, 6.07) is 9.40. The Labute approximate surface area is 161 Å². The number of benzene rings is 1. The molecule has 0 saturated carbocycles. The van der Waals surface area contributed by atoms with Gasteiger partial charge in [0.15, 0.2) is 6.10 Å². The van der Waals surface area contributed by atoms with Crippen molar-refractivity contribution in [1.82, 2.24) is 4.90 Å². The van der Waals surface area contributed by atoms with E-state index in [9.17, 15) is 9.59 Å². The van der Waals surface area contributed by atoms with Crippen LogP contribution in [-0.2, 0) is 14.3 Å². The maximum Gasteiger partial charge on any atom is 0.338 e. The molecule has 2 aliphatic rings. The van der Waals surface area contributed by atoms with Gasteiger partial charge in [-0.05, 0) is 57.2 Å². The van der Waals surface area contributed by atoms with E-state index in [2.05, 4.69) is 11.8 Å². The fraction of sp³-hybridized carbons (Fsp3) is 0.619. The average molecular weight is 377 g/mol. The zero-order valence-electron chi connectivity index (χ0n) is 16.3. The second kappa shape index (κ2) is 11.0. The van der Waals surface area contributed by atoms with Crippen molar-refractivity contribution >= 4 is 11.9 Å². The molecule has 0 aromatic heterocycles. The van der Waals surface area contributed by atoms with E-state index < -0.39 is 12.1 Å². The van der Waals surface area contributed by atoms with Crippen LogP contribution in [0.3, 0.4) is 0 Å². The molecule has 2 fully saturated rings. The largest absolute Gasteiger partial charge is 0.479 e. The summed E-state index contributed by atoms with van der Waals surface area (Å²) in [7, 11) is 0. The normalized spacial score (nSPS) is 25.8. The van der Waals surface area contributed by atoms with Crippen LogP contribution in [0.15, 0.2) is 30.3 Å². The lowest BCUT2D eigenvalue weighted by atomic mass is 9.96. The van der Waals surface area contributed by atoms with Crippen molar-refractivity contribution in [3.05, 3.63) is 35.9 Å². The van der Waals surface area contributed by atoms with Gasteiger partial charge in [0.05, 0.1) is 18.8 Å². The Hall–Kier alpha value is -1.92. The van der Waals surface area contributed by atoms with Crippen LogP contribution >= 0.6 is 0 Å². The fourth-order valence-corrected chi connectivity index (χ4v) is 3.57. The molecule has 0 amide bonds. The second-order valence-corrected chi connectivity index (χ2v) is 7.22. The average Bonchev–Trinajstić information content (AvgIpc) is 2.69. The van der Waals surface area contributed by atoms with Gasteiger partial charge in [0, 0.05) is 12.6 Å². The molecule has 2 aliphatic heterocycles. The standard InChI is InChI=1S/C12H21NO3.C9H10O2/c1-9-3-2-6-13(7-9)10-4-5-11(12(14)15)16-8-10;1-2-11-9(10)8-6-4-3-5-7-8/h9-11H,2-8H2,1H3,(H,14,15);3-7H,2H2,1H3/t9?,10?,11-;/m1./s1. The molecular formula is C21H31NO5. The van der Waals surface area contributed by atoms with Crippen molar-refractivity contribution in [1.29, 1.82) is 0 Å². The summed E-state index contributed by atoms with van der Waals surface area (Å²) in [4.78, 5) is 24.3. The maximum absolute atomic E-state index is 11.0. The van der Waals surface area contributed by atoms with Crippen LogP contribution in [0.5, 0.6) is 0 Å². The van der Waals surface area contributed by atoms with Gasteiger partial charge >= 0.3 is 11.9 Å². The molecule has 3 atom stereocenters. The Morgan fingerprint density at radius 1 is 1.22 bits per heavy atom. The molecule has 2 heterocycles. The van der Waals surface area contributed by atoms with Crippen molar-refractivity contribution in [2.24, 2.45) is 5.92 Å². The lowest BCUT2D eigenvalue weighted by molar-refractivity contribution is -0.156. The van der Waals surface area contributed by atoms with Crippen molar-refractivity contribution in [2.45, 2.75) is 51.7 Å². The number of hydrogen-bond acceptors (Lipinski definition) is 5. The number of nitrogens with zero attached hydrogens (tertiary/aromatic N) is 1. The quantitative estimate of drug-likeness (QED) is 0.812. The van der Waals surface area contributed by atoms with Gasteiger partial charge < -0.3 is 14.6 Å². The topological polar surface area (TPSA) is 76.1 Å². The molecule has 6 nitrogen and oxygen atoms in total. The number of esters is 1. The minimum atomic E-state index is -0.814. The molecule has 1 aromatic rings. The lowest BCUT2D eigenvalue weighted by Gasteiger charge is -2.39. The van der Waals surface area contributed by atoms with Crippen molar-refractivity contribution < 1.29 is 24.2 Å². The minimum Gasteiger partial charge on any atom is -0.479 e. The van der Waals surface area contributed by atoms with Crippen LogP contribution in [0.4, 0.5) is 0 Å². The Morgan fingerprint density at radius 2 is 1.96 bits per heavy atom. The number of carbonyl (C=O) groups is 2. The van der Waals surface area contributed by atoms with Gasteiger partial charge in [-0.15, -0.1) is 0 Å². The second-order valence-electron chi connectivity index (χ2n) is 7.22. The monoisotopic (exact) mass is 377 g/mol. The van der Waals surface area contributed by atoms with Crippen LogP contribution in [0.2, 0.25) is 0 Å². The molecule has 0 spiro atoms. The first-order chi connectivity index (χ1) is 13.0. The van der Waals surface area contributed by atoms with Gasteiger partial charge in [-0.2, -0.15) is 0 Å². The van der Waals surface area contributed by atoms with Crippen molar-refractivity contribution in [2.75, 3.05) is 26.3 Å². The lowest BCUT2D eigenvalue weighted by Crippen LogP contribution is -2.48. The zero-order chi connectivity index (χ0) is 19.6. The maximum atomic E-state index is 11.0. The number of rotatable bonds is 4. The van der Waals surface area contributed by atoms with Crippen LogP contribution < -0.4 is 0 Å². The van der Waals surface area contributed by atoms with E-state index in [4.69, 9.17) is 14.6 Å². The molecule has 0 radical (unpaired) electrons. The number of carboxylic acid groups (broad SMARTS) is 1. The van der Waals surface area contributed by atoms with Gasteiger partial charge in [0.25, 0.3) is 0 Å². The molecule has 0 bridgehead atoms. The van der Waals surface area contributed by atoms with Gasteiger partial charge in [-0.1, -0.05) is 25.1 Å². The zero-order valence-corrected chi connectivity index (χ0v) is 16.3. The first-order valence-corrected chi connectivity index (χ1v) is 9.81. The van der Waals surface area contributed by atoms with E-state index >= 15 is 0 Å². The minimum absolute atomic E-state index is 0.256. The molecule has 150 valence electrons. The van der Waals surface area contributed by atoms with Crippen LogP contribution in [0, 0.1) is 5.92 Å². The van der Waals surface area contributed by atoms with Gasteiger partial charge in [-0.25, -0.2) is 9.59 Å². The molecule has 2 unspecified atom stereocenters. The van der Waals surface area contributed by atoms with Crippen LogP contribution in [0.1, 0.15) is 49.9 Å². The smallest absolute Gasteiger partial charge is 0.338 e. The number of hydrogen-bond donors (Lipinski definition) is 1. The van der Waals surface area contributed by atoms with E-state index in [0.717, 1.165) is 25.4 Å². The molecule has 2 saturated heterocycles. The highest BCUT2D eigenvalue weighted by Gasteiger charge is 2.31. The van der Waals surface area contributed by atoms with Gasteiger partial charge in [-0.3, -0.25) is 4.90 Å². The van der Waals surface area contributed by atoms with Crippen molar-refractivity contribution in [3.8, 4) is 0 Å². The summed E-state index contributed by atoms with van der Waals surface area (Å²) in [5, 5.41) is 8.84. The van der Waals surface area contributed by atoms with Crippen molar-refractivity contribution in [3.63, 3.8) is 0 Å². The number of piperidine rings is 1. The number of carbonyl (C=O) groups excluding carboxylic acids is 1. The molecule has 3 rings (SSSR count). The first kappa shape index (κ1) is 21.4. The number of likely N-dealkylation sites (tertiary alicyclic amines) is 1. The number of aliphatic carboxylic acids is 1. The van der Waals surface area contributed by atoms with Crippen LogP contribution in [0.25, 0.3) is 0 Å². The van der Waals surface area contributed by atoms with E-state index in [1.165, 1.54) is 12.8 Å². The third kappa shape index (κ3) is 6.96. The van der Waals surface area contributed by atoms with E-state index in [0.29, 0.717) is 31.2 Å². The highest BCUT2D eigenvalue weighted by atomic mass is 16.5. The molecule has 1 aromatic carbocycles. The summed E-state index contributed by atoms with van der Waals surface area (Å²) in [5.41, 5.74) is 0.606. The summed E-state index contributed by atoms with van der Waals surface area (Å²) >= 11 is 0. The van der Waals surface area contributed by atoms with E-state index in [1.54, 1.807) is 19.1 Å². The fourth-order valence-electron chi connectivity index (χ4n) is 3.57. The summed E-state index contributed by atoms with van der Waals surface area (Å²) < 4.78 is 10.2. The molecule has 6 heteroatoms. The molecular weight excluding hydrogens is 346 g/mol. The number of ether oxygens (including phenoxy) is 2. The van der Waals surface area contributed by atoms with E-state index in [1.807, 2.05) is 18.2 Å².